The monoisotopic (exact) mass is 311 g/mol. The molecule has 1 heterocycles. The Labute approximate surface area is 108 Å². The van der Waals surface area contributed by atoms with Gasteiger partial charge in [-0.2, -0.15) is 0 Å². The molecule has 0 radical (unpaired) electrons. The summed E-state index contributed by atoms with van der Waals surface area (Å²) >= 11 is 10.6. The van der Waals surface area contributed by atoms with Crippen molar-refractivity contribution in [2.24, 2.45) is 5.92 Å². The third-order valence-electron chi connectivity index (χ3n) is 1.88. The first-order valence-electron chi connectivity index (χ1n) is 4.84. The van der Waals surface area contributed by atoms with E-state index >= 15 is 0 Å². The lowest BCUT2D eigenvalue weighted by Gasteiger charge is -2.11. The van der Waals surface area contributed by atoms with Gasteiger partial charge in [-0.15, -0.1) is 11.3 Å². The Balaban J connectivity index is 2.43. The Morgan fingerprint density at radius 1 is 1.53 bits per heavy atom. The van der Waals surface area contributed by atoms with E-state index in [-0.39, 0.29) is 0 Å². The van der Waals surface area contributed by atoms with Crippen molar-refractivity contribution < 1.29 is 5.11 Å². The van der Waals surface area contributed by atoms with E-state index < -0.39 is 6.10 Å². The fraction of sp³-hybridized carbons (Fsp3) is 0.600. The number of aliphatic hydroxyl groups is 1. The molecule has 86 valence electrons. The van der Waals surface area contributed by atoms with E-state index in [1.54, 1.807) is 0 Å². The van der Waals surface area contributed by atoms with Gasteiger partial charge in [0, 0.05) is 15.9 Å². The summed E-state index contributed by atoms with van der Waals surface area (Å²) in [5.41, 5.74) is 0. The highest BCUT2D eigenvalue weighted by molar-refractivity contribution is 9.10. The third-order valence-corrected chi connectivity index (χ3v) is 4.46. The van der Waals surface area contributed by atoms with Gasteiger partial charge in [-0.25, -0.2) is 0 Å². The van der Waals surface area contributed by atoms with E-state index in [2.05, 4.69) is 35.1 Å². The maximum atomic E-state index is 9.84. The van der Waals surface area contributed by atoms with Crippen LogP contribution in [0.1, 0.15) is 24.8 Å². The predicted octanol–water partition coefficient (Wildman–Crippen LogP) is 3.44. The van der Waals surface area contributed by atoms with Crippen molar-refractivity contribution >= 4 is 38.9 Å². The summed E-state index contributed by atoms with van der Waals surface area (Å²) in [6, 6.07) is 1.87. The van der Waals surface area contributed by atoms with E-state index in [1.165, 1.54) is 11.3 Å². The van der Waals surface area contributed by atoms with E-state index in [0.717, 1.165) is 15.9 Å². The number of halogens is 2. The number of hydrogen-bond acceptors (Lipinski definition) is 3. The molecule has 5 heteroatoms. The topological polar surface area (TPSA) is 32.3 Å². The molecule has 0 aliphatic rings. The van der Waals surface area contributed by atoms with Crippen molar-refractivity contribution in [2.45, 2.75) is 20.0 Å². The zero-order valence-electron chi connectivity index (χ0n) is 8.76. The van der Waals surface area contributed by atoms with Crippen LogP contribution in [-0.2, 0) is 0 Å². The zero-order chi connectivity index (χ0) is 11.4. The van der Waals surface area contributed by atoms with Crippen LogP contribution >= 0.6 is 38.9 Å². The lowest BCUT2D eigenvalue weighted by Crippen LogP contribution is -2.24. The molecule has 1 rings (SSSR count). The molecule has 15 heavy (non-hydrogen) atoms. The van der Waals surface area contributed by atoms with Crippen LogP contribution in [0.3, 0.4) is 0 Å². The number of rotatable bonds is 5. The van der Waals surface area contributed by atoms with Crippen LogP contribution in [0.4, 0.5) is 0 Å². The fourth-order valence-corrected chi connectivity index (χ4v) is 2.86. The molecule has 0 aromatic carbocycles. The lowest BCUT2D eigenvalue weighted by molar-refractivity contribution is 0.177. The first kappa shape index (κ1) is 13.5. The van der Waals surface area contributed by atoms with Gasteiger partial charge in [0.2, 0.25) is 0 Å². The van der Waals surface area contributed by atoms with E-state index in [4.69, 9.17) is 11.6 Å². The normalized spacial score (nSPS) is 13.5. The van der Waals surface area contributed by atoms with Crippen molar-refractivity contribution in [3.8, 4) is 0 Å². The van der Waals surface area contributed by atoms with E-state index in [0.29, 0.717) is 16.8 Å². The average molecular weight is 313 g/mol. The maximum absolute atomic E-state index is 9.84. The number of thiophene rings is 1. The van der Waals surface area contributed by atoms with Crippen molar-refractivity contribution in [3.63, 3.8) is 0 Å². The highest BCUT2D eigenvalue weighted by Crippen LogP contribution is 2.34. The Hall–Kier alpha value is 0.390. The quantitative estimate of drug-likeness (QED) is 0.873. The molecule has 0 amide bonds. The second kappa shape index (κ2) is 6.21. The summed E-state index contributed by atoms with van der Waals surface area (Å²) in [4.78, 5) is 0.892. The minimum absolute atomic E-state index is 0.474. The zero-order valence-corrected chi connectivity index (χ0v) is 11.9. The summed E-state index contributed by atoms with van der Waals surface area (Å²) in [6.45, 7) is 5.76. The molecule has 1 aromatic rings. The fourth-order valence-electron chi connectivity index (χ4n) is 1.14. The van der Waals surface area contributed by atoms with Crippen molar-refractivity contribution in [1.82, 2.24) is 5.32 Å². The summed E-state index contributed by atoms with van der Waals surface area (Å²) in [5.74, 6) is 0.593. The van der Waals surface area contributed by atoms with Gasteiger partial charge in [0.05, 0.1) is 0 Å². The van der Waals surface area contributed by atoms with Gasteiger partial charge in [0.1, 0.15) is 10.4 Å². The molecule has 0 saturated carbocycles. The van der Waals surface area contributed by atoms with Crippen molar-refractivity contribution in [1.29, 1.82) is 0 Å². The summed E-state index contributed by atoms with van der Waals surface area (Å²) in [5, 5.41) is 13.0. The molecule has 0 bridgehead atoms. The van der Waals surface area contributed by atoms with Gasteiger partial charge in [0.25, 0.3) is 0 Å². The average Bonchev–Trinajstić information content (AvgIpc) is 2.46. The minimum Gasteiger partial charge on any atom is -0.386 e. The van der Waals surface area contributed by atoms with Gasteiger partial charge < -0.3 is 10.4 Å². The first-order valence-corrected chi connectivity index (χ1v) is 6.83. The molecule has 0 aliphatic heterocycles. The summed E-state index contributed by atoms with van der Waals surface area (Å²) < 4.78 is 1.54. The first-order chi connectivity index (χ1) is 7.00. The standard InChI is InChI=1S/C10H15BrClNOS/c1-6(2)4-13-5-8(14)9-3-7(11)10(12)15-9/h3,6,8,13-14H,4-5H2,1-2H3. The van der Waals surface area contributed by atoms with Crippen LogP contribution in [0.5, 0.6) is 0 Å². The van der Waals surface area contributed by atoms with Crippen LogP contribution in [-0.4, -0.2) is 18.2 Å². The van der Waals surface area contributed by atoms with Gasteiger partial charge in [0.15, 0.2) is 0 Å². The molecule has 2 nitrogen and oxygen atoms in total. The Bertz CT molecular complexity index is 297. The molecule has 0 fully saturated rings. The third kappa shape index (κ3) is 4.41. The van der Waals surface area contributed by atoms with Gasteiger partial charge in [-0.3, -0.25) is 0 Å². The van der Waals surface area contributed by atoms with Crippen LogP contribution in [0.15, 0.2) is 10.5 Å². The van der Waals surface area contributed by atoms with Gasteiger partial charge in [-0.05, 0) is 34.5 Å². The van der Waals surface area contributed by atoms with E-state index in [9.17, 15) is 5.11 Å². The predicted molar refractivity (Wildman–Crippen MR) is 69.7 cm³/mol. The molecule has 1 aromatic heterocycles. The minimum atomic E-state index is -0.474. The van der Waals surface area contributed by atoms with E-state index in [1.807, 2.05) is 6.07 Å². The molecule has 1 atom stereocenters. The van der Waals surface area contributed by atoms with Crippen LogP contribution in [0, 0.1) is 5.92 Å². The van der Waals surface area contributed by atoms with Gasteiger partial charge in [-0.1, -0.05) is 25.4 Å². The highest BCUT2D eigenvalue weighted by Gasteiger charge is 2.12. The Morgan fingerprint density at radius 2 is 2.20 bits per heavy atom. The highest BCUT2D eigenvalue weighted by atomic mass is 79.9. The molecule has 0 spiro atoms. The number of aliphatic hydroxyl groups excluding tert-OH is 1. The molecule has 0 aliphatic carbocycles. The SMILES string of the molecule is CC(C)CNCC(O)c1cc(Br)c(Cl)s1. The lowest BCUT2D eigenvalue weighted by atomic mass is 10.2. The Morgan fingerprint density at radius 3 is 2.67 bits per heavy atom. The van der Waals surface area contributed by atoms with Gasteiger partial charge >= 0.3 is 0 Å². The second-order valence-corrected chi connectivity index (χ2v) is 6.38. The van der Waals surface area contributed by atoms with Crippen LogP contribution in [0.2, 0.25) is 4.34 Å². The Kier molecular flexibility index (Phi) is 5.57. The van der Waals surface area contributed by atoms with Crippen LogP contribution < -0.4 is 5.32 Å². The molecule has 1 unspecified atom stereocenters. The number of nitrogens with one attached hydrogen (secondary N) is 1. The van der Waals surface area contributed by atoms with Crippen molar-refractivity contribution in [2.75, 3.05) is 13.1 Å². The smallest absolute Gasteiger partial charge is 0.107 e. The summed E-state index contributed by atoms with van der Waals surface area (Å²) in [7, 11) is 0. The maximum Gasteiger partial charge on any atom is 0.107 e. The number of hydrogen-bond donors (Lipinski definition) is 2. The molecular weight excluding hydrogens is 298 g/mol. The molecule has 0 saturated heterocycles. The molecular formula is C10H15BrClNOS. The summed E-state index contributed by atoms with van der Waals surface area (Å²) in [6.07, 6.45) is -0.474. The second-order valence-electron chi connectivity index (χ2n) is 3.84. The largest absolute Gasteiger partial charge is 0.386 e. The van der Waals surface area contributed by atoms with Crippen LogP contribution in [0.25, 0.3) is 0 Å². The van der Waals surface area contributed by atoms with Crippen molar-refractivity contribution in [3.05, 3.63) is 19.8 Å². The molecule has 2 N–H and O–H groups in total.